The number of ether oxygens (including phenoxy) is 4. The molecule has 8 heteroatoms. The highest BCUT2D eigenvalue weighted by molar-refractivity contribution is 5.76. The fourth-order valence-electron chi connectivity index (χ4n) is 3.92. The van der Waals surface area contributed by atoms with E-state index in [0.29, 0.717) is 32.5 Å². The molecule has 0 aromatic rings. The fourth-order valence-corrected chi connectivity index (χ4v) is 3.92. The zero-order valence-electron chi connectivity index (χ0n) is 21.6. The van der Waals surface area contributed by atoms with Crippen LogP contribution in [0.25, 0.3) is 0 Å². The number of hydrogen-bond donors (Lipinski definition) is 2. The van der Waals surface area contributed by atoms with Gasteiger partial charge in [0.1, 0.15) is 5.41 Å². The molecule has 2 N–H and O–H groups in total. The van der Waals surface area contributed by atoms with Gasteiger partial charge in [-0.25, -0.2) is 0 Å². The van der Waals surface area contributed by atoms with Crippen LogP contribution in [0.5, 0.6) is 0 Å². The van der Waals surface area contributed by atoms with Crippen LogP contribution in [0.4, 0.5) is 0 Å². The van der Waals surface area contributed by atoms with Crippen molar-refractivity contribution in [2.45, 2.75) is 131 Å². The standard InChI is InChI=1S/C25H48O8/c1-7-9-17-30-21(5)32-19(3)25(24(28)29,16-14-12-11-13-15-23(26)27)20(4)33-22(6)31-18-10-8-2/h19-22H,7-18H2,1-6H3,(H,26,27)(H,28,29). The molecule has 0 aliphatic rings. The van der Waals surface area contributed by atoms with Gasteiger partial charge in [0.05, 0.1) is 12.2 Å². The smallest absolute Gasteiger partial charge is 0.314 e. The van der Waals surface area contributed by atoms with Crippen molar-refractivity contribution in [2.75, 3.05) is 13.2 Å². The number of aliphatic carboxylic acids is 2. The monoisotopic (exact) mass is 476 g/mol. The molecule has 0 aliphatic heterocycles. The average Bonchev–Trinajstić information content (AvgIpc) is 2.72. The molecule has 4 unspecified atom stereocenters. The van der Waals surface area contributed by atoms with Crippen molar-refractivity contribution in [3.63, 3.8) is 0 Å². The largest absolute Gasteiger partial charge is 0.481 e. The predicted octanol–water partition coefficient (Wildman–Crippen LogP) is 5.62. The highest BCUT2D eigenvalue weighted by atomic mass is 16.7. The molecule has 0 rings (SSSR count). The Bertz CT molecular complexity index is 501. The summed E-state index contributed by atoms with van der Waals surface area (Å²) < 4.78 is 23.5. The van der Waals surface area contributed by atoms with Crippen LogP contribution in [0.2, 0.25) is 0 Å². The summed E-state index contributed by atoms with van der Waals surface area (Å²) in [5.41, 5.74) is -1.29. The Morgan fingerprint density at radius 2 is 1.18 bits per heavy atom. The van der Waals surface area contributed by atoms with E-state index in [1.807, 2.05) is 0 Å². The summed E-state index contributed by atoms with van der Waals surface area (Å²) in [7, 11) is 0. The number of carboxylic acids is 2. The molecule has 0 bridgehead atoms. The van der Waals surface area contributed by atoms with Crippen molar-refractivity contribution in [2.24, 2.45) is 5.41 Å². The second-order valence-electron chi connectivity index (χ2n) is 8.79. The van der Waals surface area contributed by atoms with Crippen molar-refractivity contribution < 1.29 is 38.7 Å². The number of carbonyl (C=O) groups is 2. The second-order valence-corrected chi connectivity index (χ2v) is 8.79. The van der Waals surface area contributed by atoms with Crippen molar-refractivity contribution in [1.29, 1.82) is 0 Å². The van der Waals surface area contributed by atoms with Gasteiger partial charge in [-0.2, -0.15) is 0 Å². The van der Waals surface area contributed by atoms with Gasteiger partial charge >= 0.3 is 11.9 Å². The Morgan fingerprint density at radius 3 is 1.58 bits per heavy atom. The molecule has 0 spiro atoms. The topological polar surface area (TPSA) is 112 Å². The molecule has 0 saturated carbocycles. The van der Waals surface area contributed by atoms with Gasteiger partial charge in [0.2, 0.25) is 0 Å². The summed E-state index contributed by atoms with van der Waals surface area (Å²) in [6, 6.07) is 0. The highest BCUT2D eigenvalue weighted by Gasteiger charge is 2.50. The molecular formula is C25H48O8. The lowest BCUT2D eigenvalue weighted by Crippen LogP contribution is -2.53. The van der Waals surface area contributed by atoms with Crippen molar-refractivity contribution in [3.8, 4) is 0 Å². The van der Waals surface area contributed by atoms with E-state index in [9.17, 15) is 14.7 Å². The van der Waals surface area contributed by atoms with Crippen LogP contribution in [0.15, 0.2) is 0 Å². The van der Waals surface area contributed by atoms with Gasteiger partial charge in [-0.1, -0.05) is 46.0 Å². The minimum absolute atomic E-state index is 0.127. The molecule has 0 radical (unpaired) electrons. The maximum Gasteiger partial charge on any atom is 0.314 e. The molecule has 0 fully saturated rings. The van der Waals surface area contributed by atoms with Gasteiger partial charge in [0.25, 0.3) is 0 Å². The Morgan fingerprint density at radius 1 is 0.727 bits per heavy atom. The minimum Gasteiger partial charge on any atom is -0.481 e. The fraction of sp³-hybridized carbons (Fsp3) is 0.920. The number of hydrogen-bond acceptors (Lipinski definition) is 6. The second kappa shape index (κ2) is 18.2. The Labute approximate surface area is 200 Å². The van der Waals surface area contributed by atoms with Crippen LogP contribution in [0.1, 0.15) is 106 Å². The van der Waals surface area contributed by atoms with E-state index in [0.717, 1.165) is 38.5 Å². The van der Waals surface area contributed by atoms with E-state index in [2.05, 4.69) is 13.8 Å². The molecule has 4 atom stereocenters. The zero-order chi connectivity index (χ0) is 25.3. The summed E-state index contributed by atoms with van der Waals surface area (Å²) >= 11 is 0. The SMILES string of the molecule is CCCCOC(C)OC(C)C(CCCCCCC(=O)O)(C(=O)O)C(C)OC(C)OCCCC. The Hall–Kier alpha value is -1.22. The molecule has 0 aromatic heterocycles. The van der Waals surface area contributed by atoms with Crippen LogP contribution < -0.4 is 0 Å². The molecule has 0 amide bonds. The third-order valence-electron chi connectivity index (χ3n) is 6.07. The van der Waals surface area contributed by atoms with Gasteiger partial charge in [0, 0.05) is 19.6 Å². The highest BCUT2D eigenvalue weighted by Crippen LogP contribution is 2.38. The zero-order valence-corrected chi connectivity index (χ0v) is 21.6. The lowest BCUT2D eigenvalue weighted by Gasteiger charge is -2.41. The number of rotatable bonds is 22. The third kappa shape index (κ3) is 12.7. The summed E-state index contributed by atoms with van der Waals surface area (Å²) in [6.45, 7) is 12.4. The van der Waals surface area contributed by atoms with Crippen molar-refractivity contribution >= 4 is 11.9 Å². The molecule has 196 valence electrons. The minimum atomic E-state index is -1.29. The Kier molecular flexibility index (Phi) is 17.5. The summed E-state index contributed by atoms with van der Waals surface area (Å²) in [5.74, 6) is -1.79. The lowest BCUT2D eigenvalue weighted by molar-refractivity contribution is -0.237. The quantitative estimate of drug-likeness (QED) is 0.153. The van der Waals surface area contributed by atoms with Crippen LogP contribution in [0.3, 0.4) is 0 Å². The van der Waals surface area contributed by atoms with E-state index in [1.54, 1.807) is 27.7 Å². The average molecular weight is 477 g/mol. The van der Waals surface area contributed by atoms with E-state index in [1.165, 1.54) is 0 Å². The van der Waals surface area contributed by atoms with E-state index in [-0.39, 0.29) is 6.42 Å². The molecule has 33 heavy (non-hydrogen) atoms. The van der Waals surface area contributed by atoms with Crippen LogP contribution in [-0.2, 0) is 28.5 Å². The van der Waals surface area contributed by atoms with Crippen LogP contribution in [0, 0.1) is 5.41 Å². The van der Waals surface area contributed by atoms with Crippen LogP contribution in [-0.4, -0.2) is 60.2 Å². The number of unbranched alkanes of at least 4 members (excludes halogenated alkanes) is 5. The van der Waals surface area contributed by atoms with Gasteiger partial charge in [-0.05, 0) is 53.4 Å². The molecule has 0 aliphatic carbocycles. The first-order valence-electron chi connectivity index (χ1n) is 12.6. The van der Waals surface area contributed by atoms with Gasteiger partial charge in [0.15, 0.2) is 12.6 Å². The lowest BCUT2D eigenvalue weighted by atomic mass is 9.73. The summed E-state index contributed by atoms with van der Waals surface area (Å²) in [4.78, 5) is 23.4. The maximum absolute atomic E-state index is 12.7. The van der Waals surface area contributed by atoms with Crippen molar-refractivity contribution in [1.82, 2.24) is 0 Å². The Balaban J connectivity index is 5.33. The number of carboxylic acid groups (broad SMARTS) is 2. The molecule has 0 saturated heterocycles. The molecule has 0 aromatic carbocycles. The van der Waals surface area contributed by atoms with Crippen LogP contribution >= 0.6 is 0 Å². The first-order valence-corrected chi connectivity index (χ1v) is 12.6. The van der Waals surface area contributed by atoms with E-state index < -0.39 is 42.1 Å². The normalized spacial score (nSPS) is 17.2. The first-order chi connectivity index (χ1) is 15.6. The van der Waals surface area contributed by atoms with E-state index in [4.69, 9.17) is 24.1 Å². The van der Waals surface area contributed by atoms with Gasteiger partial charge in [-0.3, -0.25) is 9.59 Å². The molecule has 8 nitrogen and oxygen atoms in total. The van der Waals surface area contributed by atoms with Crippen molar-refractivity contribution in [3.05, 3.63) is 0 Å². The maximum atomic E-state index is 12.7. The first kappa shape index (κ1) is 31.8. The molecule has 0 heterocycles. The van der Waals surface area contributed by atoms with Gasteiger partial charge in [-0.15, -0.1) is 0 Å². The third-order valence-corrected chi connectivity index (χ3v) is 6.07. The molecular weight excluding hydrogens is 428 g/mol. The summed E-state index contributed by atoms with van der Waals surface area (Å²) in [6.07, 6.45) is 4.60. The van der Waals surface area contributed by atoms with E-state index >= 15 is 0 Å². The summed E-state index contributed by atoms with van der Waals surface area (Å²) in [5, 5.41) is 19.2. The van der Waals surface area contributed by atoms with Gasteiger partial charge < -0.3 is 29.2 Å². The predicted molar refractivity (Wildman–Crippen MR) is 127 cm³/mol.